The van der Waals surface area contributed by atoms with Crippen molar-refractivity contribution >= 4 is 5.82 Å². The van der Waals surface area contributed by atoms with Crippen LogP contribution in [0.1, 0.15) is 27.7 Å². The molecular weight excluding hydrogens is 195 g/mol. The molecular formula is C11H19FN2O. The summed E-state index contributed by atoms with van der Waals surface area (Å²) in [5.74, 6) is 0.378. The number of hydrogen-bond donors (Lipinski definition) is 1. The van der Waals surface area contributed by atoms with Gasteiger partial charge in [0.1, 0.15) is 5.82 Å². The third-order valence-corrected chi connectivity index (χ3v) is 1.48. The second kappa shape index (κ2) is 7.04. The van der Waals surface area contributed by atoms with Crippen molar-refractivity contribution in [2.45, 2.75) is 33.7 Å². The average molecular weight is 214 g/mol. The maximum Gasteiger partial charge on any atom is 0.183 e. The van der Waals surface area contributed by atoms with Crippen LogP contribution in [0.4, 0.5) is 10.2 Å². The molecule has 0 bridgehead atoms. The Labute approximate surface area is 90.7 Å². The third-order valence-electron chi connectivity index (χ3n) is 1.48. The lowest BCUT2D eigenvalue weighted by atomic mass is 10.3. The quantitative estimate of drug-likeness (QED) is 0.839. The number of nitrogens with one attached hydrogen (secondary N) is 1. The number of pyridine rings is 1. The Balaban J connectivity index is 0.000000921. The van der Waals surface area contributed by atoms with Gasteiger partial charge >= 0.3 is 0 Å². The Morgan fingerprint density at radius 2 is 2.00 bits per heavy atom. The monoisotopic (exact) mass is 214 g/mol. The van der Waals surface area contributed by atoms with Crippen molar-refractivity contribution in [1.29, 1.82) is 0 Å². The summed E-state index contributed by atoms with van der Waals surface area (Å²) in [6.45, 7) is 7.97. The van der Waals surface area contributed by atoms with Gasteiger partial charge in [0.25, 0.3) is 0 Å². The molecule has 0 aliphatic heterocycles. The number of hydrogen-bond acceptors (Lipinski definition) is 3. The lowest BCUT2D eigenvalue weighted by molar-refractivity contribution is 0.385. The second-order valence-electron chi connectivity index (χ2n) is 3.00. The number of rotatable bonds is 3. The fraction of sp³-hybridized carbons (Fsp3) is 0.545. The van der Waals surface area contributed by atoms with Crippen LogP contribution in [-0.4, -0.2) is 18.1 Å². The molecule has 0 radical (unpaired) electrons. The predicted octanol–water partition coefficient (Wildman–Crippen LogP) is 3.08. The topological polar surface area (TPSA) is 34.1 Å². The number of aromatic nitrogens is 1. The summed E-state index contributed by atoms with van der Waals surface area (Å²) in [6.07, 6.45) is 1.14. The van der Waals surface area contributed by atoms with Crippen molar-refractivity contribution in [3.05, 3.63) is 18.1 Å². The first-order valence-electron chi connectivity index (χ1n) is 5.09. The van der Waals surface area contributed by atoms with E-state index in [-0.39, 0.29) is 11.8 Å². The van der Waals surface area contributed by atoms with E-state index in [1.54, 1.807) is 0 Å². The zero-order chi connectivity index (χ0) is 11.8. The van der Waals surface area contributed by atoms with Gasteiger partial charge < -0.3 is 10.1 Å². The van der Waals surface area contributed by atoms with Crippen LogP contribution < -0.4 is 10.1 Å². The summed E-state index contributed by atoms with van der Waals surface area (Å²) in [4.78, 5) is 3.86. The molecule has 3 nitrogen and oxygen atoms in total. The van der Waals surface area contributed by atoms with Crippen LogP contribution in [0, 0.1) is 5.82 Å². The Morgan fingerprint density at radius 1 is 1.40 bits per heavy atom. The van der Waals surface area contributed by atoms with Crippen molar-refractivity contribution in [1.82, 2.24) is 4.98 Å². The SMILES string of the molecule is CC.COc1cc(NC(C)C)ncc1F. The van der Waals surface area contributed by atoms with Gasteiger partial charge in [-0.1, -0.05) is 13.8 Å². The third kappa shape index (κ3) is 4.63. The molecule has 1 rings (SSSR count). The molecule has 0 saturated carbocycles. The summed E-state index contributed by atoms with van der Waals surface area (Å²) < 4.78 is 17.7. The molecule has 15 heavy (non-hydrogen) atoms. The number of anilines is 1. The Hall–Kier alpha value is -1.32. The minimum atomic E-state index is -0.447. The van der Waals surface area contributed by atoms with E-state index in [4.69, 9.17) is 4.74 Å². The highest BCUT2D eigenvalue weighted by Crippen LogP contribution is 2.18. The fourth-order valence-electron chi connectivity index (χ4n) is 0.951. The Morgan fingerprint density at radius 3 is 2.47 bits per heavy atom. The van der Waals surface area contributed by atoms with Crippen LogP contribution in [0.2, 0.25) is 0 Å². The minimum Gasteiger partial charge on any atom is -0.493 e. The molecule has 1 heterocycles. The molecule has 1 aromatic heterocycles. The van der Waals surface area contributed by atoms with E-state index in [0.717, 1.165) is 6.20 Å². The number of ether oxygens (including phenoxy) is 1. The molecule has 0 saturated heterocycles. The first-order chi connectivity index (χ1) is 7.13. The normalized spacial score (nSPS) is 9.27. The molecule has 0 atom stereocenters. The predicted molar refractivity (Wildman–Crippen MR) is 60.9 cm³/mol. The van der Waals surface area contributed by atoms with Crippen molar-refractivity contribution in [2.75, 3.05) is 12.4 Å². The van der Waals surface area contributed by atoms with Crippen LogP contribution >= 0.6 is 0 Å². The van der Waals surface area contributed by atoms with Crippen molar-refractivity contribution in [3.8, 4) is 5.75 Å². The molecule has 0 aromatic carbocycles. The summed E-state index contributed by atoms with van der Waals surface area (Å²) in [6, 6.07) is 1.80. The molecule has 0 aliphatic carbocycles. The van der Waals surface area contributed by atoms with E-state index in [1.807, 2.05) is 27.7 Å². The largest absolute Gasteiger partial charge is 0.493 e. The van der Waals surface area contributed by atoms with Crippen LogP contribution in [0.3, 0.4) is 0 Å². The second-order valence-corrected chi connectivity index (χ2v) is 3.00. The maximum absolute atomic E-state index is 12.9. The highest BCUT2D eigenvalue weighted by molar-refractivity contribution is 5.41. The highest BCUT2D eigenvalue weighted by atomic mass is 19.1. The molecule has 0 amide bonds. The van der Waals surface area contributed by atoms with Crippen molar-refractivity contribution in [3.63, 3.8) is 0 Å². The molecule has 1 aromatic rings. The number of halogens is 1. The first kappa shape index (κ1) is 13.7. The van der Waals surface area contributed by atoms with Gasteiger partial charge in [-0.05, 0) is 13.8 Å². The average Bonchev–Trinajstić information content (AvgIpc) is 2.23. The van der Waals surface area contributed by atoms with Gasteiger partial charge in [0.15, 0.2) is 11.6 Å². The Bertz CT molecular complexity index is 290. The standard InChI is InChI=1S/C9H13FN2O.C2H6/c1-6(2)12-9-4-8(13-3)7(10)5-11-9;1-2/h4-6H,1-3H3,(H,11,12);1-2H3. The molecule has 0 unspecified atom stereocenters. The summed E-state index contributed by atoms with van der Waals surface area (Å²) in [7, 11) is 1.43. The zero-order valence-corrected chi connectivity index (χ0v) is 9.97. The van der Waals surface area contributed by atoms with Crippen molar-refractivity contribution in [2.24, 2.45) is 0 Å². The minimum absolute atomic E-state index is 0.207. The van der Waals surface area contributed by atoms with Gasteiger partial charge in [0.2, 0.25) is 0 Å². The Kier molecular flexibility index (Phi) is 6.42. The summed E-state index contributed by atoms with van der Waals surface area (Å²) >= 11 is 0. The molecule has 1 N–H and O–H groups in total. The van der Waals surface area contributed by atoms with Crippen LogP contribution in [0.5, 0.6) is 5.75 Å². The van der Waals surface area contributed by atoms with E-state index in [2.05, 4.69) is 10.3 Å². The van der Waals surface area contributed by atoms with E-state index >= 15 is 0 Å². The zero-order valence-electron chi connectivity index (χ0n) is 9.97. The van der Waals surface area contributed by atoms with Gasteiger partial charge in [0, 0.05) is 12.1 Å². The van der Waals surface area contributed by atoms with Crippen molar-refractivity contribution < 1.29 is 9.13 Å². The van der Waals surface area contributed by atoms with Crippen LogP contribution in [0.15, 0.2) is 12.3 Å². The van der Waals surface area contributed by atoms with E-state index < -0.39 is 5.82 Å². The van der Waals surface area contributed by atoms with Gasteiger partial charge in [-0.3, -0.25) is 0 Å². The molecule has 86 valence electrons. The summed E-state index contributed by atoms with van der Waals surface area (Å²) in [5, 5.41) is 3.05. The fourth-order valence-corrected chi connectivity index (χ4v) is 0.951. The number of methoxy groups -OCH3 is 1. The van der Waals surface area contributed by atoms with Gasteiger partial charge in [-0.2, -0.15) is 0 Å². The number of nitrogens with zero attached hydrogens (tertiary/aromatic N) is 1. The summed E-state index contributed by atoms with van der Waals surface area (Å²) in [5.41, 5.74) is 0. The van der Waals surface area contributed by atoms with Crippen LogP contribution in [-0.2, 0) is 0 Å². The molecule has 4 heteroatoms. The highest BCUT2D eigenvalue weighted by Gasteiger charge is 2.04. The lowest BCUT2D eigenvalue weighted by Crippen LogP contribution is -2.11. The van der Waals surface area contributed by atoms with E-state index in [0.29, 0.717) is 5.82 Å². The van der Waals surface area contributed by atoms with Gasteiger partial charge in [-0.25, -0.2) is 9.37 Å². The lowest BCUT2D eigenvalue weighted by Gasteiger charge is -2.09. The van der Waals surface area contributed by atoms with E-state index in [9.17, 15) is 4.39 Å². The molecule has 0 spiro atoms. The maximum atomic E-state index is 12.9. The van der Waals surface area contributed by atoms with Gasteiger partial charge in [-0.15, -0.1) is 0 Å². The first-order valence-corrected chi connectivity index (χ1v) is 5.09. The smallest absolute Gasteiger partial charge is 0.183 e. The van der Waals surface area contributed by atoms with E-state index in [1.165, 1.54) is 13.2 Å². The molecule has 0 fully saturated rings. The van der Waals surface area contributed by atoms with Crippen LogP contribution in [0.25, 0.3) is 0 Å². The molecule has 0 aliphatic rings. The van der Waals surface area contributed by atoms with Gasteiger partial charge in [0.05, 0.1) is 13.3 Å².